The van der Waals surface area contributed by atoms with Gasteiger partial charge in [0.2, 0.25) is 0 Å². The maximum absolute atomic E-state index is 10.6. The molecule has 0 saturated heterocycles. The molecule has 1 aliphatic heterocycles. The summed E-state index contributed by atoms with van der Waals surface area (Å²) in [5, 5.41) is 20.2. The predicted octanol–water partition coefficient (Wildman–Crippen LogP) is 2.27. The van der Waals surface area contributed by atoms with Crippen molar-refractivity contribution in [3.05, 3.63) is 47.5 Å². The zero-order valence-corrected chi connectivity index (χ0v) is 12.3. The van der Waals surface area contributed by atoms with Crippen molar-refractivity contribution in [2.24, 2.45) is 5.92 Å². The lowest BCUT2D eigenvalue weighted by molar-refractivity contribution is 0.0503. The second-order valence-corrected chi connectivity index (χ2v) is 5.51. The molecule has 5 heteroatoms. The number of fused-ring (bicyclic) bond motifs is 1. The summed E-state index contributed by atoms with van der Waals surface area (Å²) in [6, 6.07) is 10.2. The van der Waals surface area contributed by atoms with Gasteiger partial charge in [0.05, 0.1) is 19.8 Å². The highest BCUT2D eigenvalue weighted by Gasteiger charge is 2.30. The summed E-state index contributed by atoms with van der Waals surface area (Å²) < 4.78 is 11.0. The number of phenols is 1. The Bertz CT molecular complexity index is 686. The summed E-state index contributed by atoms with van der Waals surface area (Å²) in [6.45, 7) is 0.400. The quantitative estimate of drug-likeness (QED) is 0.757. The fourth-order valence-electron chi connectivity index (χ4n) is 2.85. The molecular weight excluding hydrogens is 282 g/mol. The van der Waals surface area contributed by atoms with Gasteiger partial charge in [-0.3, -0.25) is 0 Å². The Morgan fingerprint density at radius 1 is 1.27 bits per heavy atom. The third-order valence-corrected chi connectivity index (χ3v) is 4.00. The molecule has 116 valence electrons. The number of aliphatic hydroxyl groups excluding tert-OH is 1. The average Bonchev–Trinajstić information content (AvgIpc) is 2.51. The fourth-order valence-corrected chi connectivity index (χ4v) is 2.85. The summed E-state index contributed by atoms with van der Waals surface area (Å²) in [6.07, 6.45) is -0.133. The first-order chi connectivity index (χ1) is 10.6. The molecule has 5 nitrogen and oxygen atoms in total. The lowest BCUT2D eigenvalue weighted by Gasteiger charge is -2.30. The predicted molar refractivity (Wildman–Crippen MR) is 83.2 cm³/mol. The van der Waals surface area contributed by atoms with Crippen molar-refractivity contribution >= 4 is 5.69 Å². The zero-order chi connectivity index (χ0) is 15.7. The van der Waals surface area contributed by atoms with Crippen molar-refractivity contribution in [1.29, 1.82) is 0 Å². The number of nitrogens with two attached hydrogens (primary N) is 1. The number of anilines is 1. The van der Waals surface area contributed by atoms with E-state index in [0.29, 0.717) is 30.0 Å². The maximum Gasteiger partial charge on any atom is 0.125 e. The fraction of sp³-hybridized carbons (Fsp3) is 0.294. The molecule has 0 fully saturated rings. The van der Waals surface area contributed by atoms with Gasteiger partial charge in [-0.15, -0.1) is 0 Å². The van der Waals surface area contributed by atoms with Crippen LogP contribution < -0.4 is 15.2 Å². The minimum absolute atomic E-state index is 0.114. The maximum atomic E-state index is 10.6. The Morgan fingerprint density at radius 2 is 2.09 bits per heavy atom. The highest BCUT2D eigenvalue weighted by molar-refractivity contribution is 5.48. The van der Waals surface area contributed by atoms with E-state index < -0.39 is 6.10 Å². The molecule has 2 unspecified atom stereocenters. The molecule has 0 aromatic heterocycles. The van der Waals surface area contributed by atoms with Crippen molar-refractivity contribution in [2.75, 3.05) is 19.5 Å². The number of hydrogen-bond donors (Lipinski definition) is 3. The monoisotopic (exact) mass is 301 g/mol. The second kappa shape index (κ2) is 5.77. The Morgan fingerprint density at radius 3 is 2.86 bits per heavy atom. The number of ether oxygens (including phenoxy) is 2. The molecule has 0 amide bonds. The van der Waals surface area contributed by atoms with E-state index in [1.54, 1.807) is 31.4 Å². The molecule has 0 saturated carbocycles. The van der Waals surface area contributed by atoms with Gasteiger partial charge in [0.25, 0.3) is 0 Å². The van der Waals surface area contributed by atoms with Crippen molar-refractivity contribution in [1.82, 2.24) is 0 Å². The Kier molecular flexibility index (Phi) is 3.81. The first kappa shape index (κ1) is 14.5. The lowest BCUT2D eigenvalue weighted by atomic mass is 9.87. The van der Waals surface area contributed by atoms with Crippen molar-refractivity contribution in [3.63, 3.8) is 0 Å². The van der Waals surface area contributed by atoms with Crippen LogP contribution in [0.2, 0.25) is 0 Å². The van der Waals surface area contributed by atoms with Gasteiger partial charge in [-0.05, 0) is 48.4 Å². The zero-order valence-electron chi connectivity index (χ0n) is 12.3. The second-order valence-electron chi connectivity index (χ2n) is 5.51. The van der Waals surface area contributed by atoms with E-state index in [4.69, 9.17) is 15.2 Å². The van der Waals surface area contributed by atoms with E-state index in [1.165, 1.54) is 0 Å². The van der Waals surface area contributed by atoms with Crippen molar-refractivity contribution in [3.8, 4) is 17.2 Å². The number of phenolic OH excluding ortho intramolecular Hbond substituents is 1. The Balaban J connectivity index is 1.87. The van der Waals surface area contributed by atoms with Crippen molar-refractivity contribution < 1.29 is 19.7 Å². The standard InChI is InChI=1S/C17H19NO4/c1-21-15-4-2-12(18)7-10(15)6-11-9-22-16-5-3-13(19)8-14(16)17(11)20/h2-5,7-8,11,17,19-20H,6,9,18H2,1H3. The normalized spacial score (nSPS) is 20.1. The van der Waals surface area contributed by atoms with E-state index in [9.17, 15) is 10.2 Å². The van der Waals surface area contributed by atoms with E-state index in [0.717, 1.165) is 11.3 Å². The third kappa shape index (κ3) is 2.67. The van der Waals surface area contributed by atoms with Gasteiger partial charge in [0, 0.05) is 17.2 Å². The van der Waals surface area contributed by atoms with Gasteiger partial charge in [0.15, 0.2) is 0 Å². The third-order valence-electron chi connectivity index (χ3n) is 4.00. The Hall–Kier alpha value is -2.40. The van der Waals surface area contributed by atoms with E-state index >= 15 is 0 Å². The highest BCUT2D eigenvalue weighted by atomic mass is 16.5. The minimum Gasteiger partial charge on any atom is -0.508 e. The molecule has 1 heterocycles. The van der Waals surface area contributed by atoms with E-state index in [-0.39, 0.29) is 11.7 Å². The molecule has 4 N–H and O–H groups in total. The number of nitrogen functional groups attached to an aromatic ring is 1. The van der Waals surface area contributed by atoms with Crippen LogP contribution in [0, 0.1) is 5.92 Å². The first-order valence-corrected chi connectivity index (χ1v) is 7.14. The molecule has 2 aromatic carbocycles. The summed E-state index contributed by atoms with van der Waals surface area (Å²) in [5.41, 5.74) is 8.03. The van der Waals surface area contributed by atoms with Crippen LogP contribution >= 0.6 is 0 Å². The van der Waals surface area contributed by atoms with Gasteiger partial charge in [-0.1, -0.05) is 0 Å². The summed E-state index contributed by atoms with van der Waals surface area (Å²) in [5.74, 6) is 1.33. The lowest BCUT2D eigenvalue weighted by Crippen LogP contribution is -2.27. The van der Waals surface area contributed by atoms with Crippen LogP contribution in [0.4, 0.5) is 5.69 Å². The van der Waals surface area contributed by atoms with Crippen LogP contribution in [-0.2, 0) is 6.42 Å². The minimum atomic E-state index is -0.706. The SMILES string of the molecule is COc1ccc(N)cc1CC1COc2ccc(O)cc2C1O. The van der Waals surface area contributed by atoms with Crippen LogP contribution in [0.1, 0.15) is 17.2 Å². The number of rotatable bonds is 3. The molecule has 2 aromatic rings. The average molecular weight is 301 g/mol. The molecule has 2 atom stereocenters. The van der Waals surface area contributed by atoms with Gasteiger partial charge in [-0.2, -0.15) is 0 Å². The van der Waals surface area contributed by atoms with Crippen LogP contribution in [0.3, 0.4) is 0 Å². The van der Waals surface area contributed by atoms with Gasteiger partial charge in [0.1, 0.15) is 17.2 Å². The molecular formula is C17H19NO4. The van der Waals surface area contributed by atoms with Crippen LogP contribution in [-0.4, -0.2) is 23.9 Å². The van der Waals surface area contributed by atoms with Crippen LogP contribution in [0.15, 0.2) is 36.4 Å². The van der Waals surface area contributed by atoms with Crippen molar-refractivity contribution in [2.45, 2.75) is 12.5 Å². The highest BCUT2D eigenvalue weighted by Crippen LogP contribution is 2.39. The van der Waals surface area contributed by atoms with E-state index in [1.807, 2.05) is 12.1 Å². The smallest absolute Gasteiger partial charge is 0.125 e. The molecule has 0 radical (unpaired) electrons. The molecule has 0 spiro atoms. The largest absolute Gasteiger partial charge is 0.508 e. The number of benzene rings is 2. The number of aromatic hydroxyl groups is 1. The van der Waals surface area contributed by atoms with Crippen LogP contribution in [0.5, 0.6) is 17.2 Å². The summed E-state index contributed by atoms with van der Waals surface area (Å²) in [7, 11) is 1.61. The van der Waals surface area contributed by atoms with E-state index in [2.05, 4.69) is 0 Å². The molecule has 1 aliphatic rings. The van der Waals surface area contributed by atoms with Gasteiger partial charge < -0.3 is 25.4 Å². The number of aliphatic hydroxyl groups is 1. The van der Waals surface area contributed by atoms with Crippen LogP contribution in [0.25, 0.3) is 0 Å². The molecule has 3 rings (SSSR count). The first-order valence-electron chi connectivity index (χ1n) is 7.14. The van der Waals surface area contributed by atoms with Gasteiger partial charge >= 0.3 is 0 Å². The topological polar surface area (TPSA) is 84.9 Å². The summed E-state index contributed by atoms with van der Waals surface area (Å²) in [4.78, 5) is 0. The number of methoxy groups -OCH3 is 1. The van der Waals surface area contributed by atoms with Gasteiger partial charge in [-0.25, -0.2) is 0 Å². The Labute approximate surface area is 128 Å². The summed E-state index contributed by atoms with van der Waals surface area (Å²) >= 11 is 0. The molecule has 0 aliphatic carbocycles. The molecule has 22 heavy (non-hydrogen) atoms. The molecule has 0 bridgehead atoms. The number of hydrogen-bond acceptors (Lipinski definition) is 5.